The number of amides is 3. The van der Waals surface area contributed by atoms with E-state index in [0.29, 0.717) is 22.6 Å². The van der Waals surface area contributed by atoms with Gasteiger partial charge >= 0.3 is 11.9 Å². The zero-order valence-corrected chi connectivity index (χ0v) is 14.6. The van der Waals surface area contributed by atoms with E-state index in [1.807, 2.05) is 12.1 Å². The number of dihydropyridines is 1. The first-order valence-electron chi connectivity index (χ1n) is 8.44. The number of allylic oxidation sites excluding steroid dienone is 1. The summed E-state index contributed by atoms with van der Waals surface area (Å²) in [6.07, 6.45) is 1.49. The van der Waals surface area contributed by atoms with Gasteiger partial charge in [-0.15, -0.1) is 4.99 Å². The second kappa shape index (κ2) is 5.20. The van der Waals surface area contributed by atoms with Crippen molar-refractivity contribution in [1.82, 2.24) is 4.90 Å². The zero-order valence-electron chi connectivity index (χ0n) is 14.6. The zero-order chi connectivity index (χ0) is 18.9. The Morgan fingerprint density at radius 3 is 2.52 bits per heavy atom. The van der Waals surface area contributed by atoms with E-state index in [1.54, 1.807) is 31.3 Å². The topological polar surface area (TPSA) is 83.0 Å². The summed E-state index contributed by atoms with van der Waals surface area (Å²) >= 11 is 0. The number of nitrogens with zero attached hydrogens (tertiary/aromatic N) is 3. The fourth-order valence-corrected chi connectivity index (χ4v) is 3.90. The van der Waals surface area contributed by atoms with Crippen molar-refractivity contribution in [1.29, 1.82) is 0 Å². The number of ketones is 1. The van der Waals surface area contributed by atoms with Gasteiger partial charge in [-0.1, -0.05) is 24.3 Å². The van der Waals surface area contributed by atoms with Crippen LogP contribution in [0.5, 0.6) is 0 Å². The molecular weight excluding hydrogens is 346 g/mol. The van der Waals surface area contributed by atoms with Crippen LogP contribution in [-0.4, -0.2) is 52.8 Å². The van der Waals surface area contributed by atoms with Crippen LogP contribution in [0, 0.1) is 5.92 Å². The second-order valence-corrected chi connectivity index (χ2v) is 6.64. The van der Waals surface area contributed by atoms with Crippen molar-refractivity contribution in [2.24, 2.45) is 10.9 Å². The molecule has 5 rings (SSSR count). The number of Topliss-reactive ketones (excluding diaryl/α,β-unsaturated/α-hetero) is 1. The Balaban J connectivity index is 1.89. The molecule has 1 aromatic carbocycles. The quantitative estimate of drug-likeness (QED) is 0.728. The fraction of sp³-hybridized carbons (Fsp3) is 0.150. The molecule has 7 nitrogen and oxygen atoms in total. The van der Waals surface area contributed by atoms with Crippen molar-refractivity contribution in [3.8, 4) is 0 Å². The predicted molar refractivity (Wildman–Crippen MR) is 95.8 cm³/mol. The molecular formula is C20H14N3O4+. The molecule has 0 fully saturated rings. The number of carbonyl (C=O) groups excluding carboxylic acids is 3. The third-order valence-electron chi connectivity index (χ3n) is 5.21. The van der Waals surface area contributed by atoms with Gasteiger partial charge < -0.3 is 4.42 Å². The van der Waals surface area contributed by atoms with Crippen molar-refractivity contribution in [3.05, 3.63) is 65.1 Å². The fourth-order valence-electron chi connectivity index (χ4n) is 3.90. The van der Waals surface area contributed by atoms with Crippen molar-refractivity contribution >= 4 is 34.8 Å². The van der Waals surface area contributed by atoms with Crippen LogP contribution < -0.4 is 0 Å². The molecule has 7 heteroatoms. The Morgan fingerprint density at radius 2 is 1.81 bits per heavy atom. The number of carbonyl (C=O) groups is 3. The van der Waals surface area contributed by atoms with Gasteiger partial charge in [-0.05, 0) is 12.1 Å². The molecule has 3 heterocycles. The number of hydrogen-bond acceptors (Lipinski definition) is 5. The van der Waals surface area contributed by atoms with Gasteiger partial charge in [-0.2, -0.15) is 9.48 Å². The van der Waals surface area contributed by atoms with Gasteiger partial charge in [0.05, 0.1) is 20.4 Å². The number of amidine groups is 1. The van der Waals surface area contributed by atoms with E-state index in [4.69, 9.17) is 4.42 Å². The van der Waals surface area contributed by atoms with E-state index < -0.39 is 17.9 Å². The number of imide groups is 1. The highest BCUT2D eigenvalue weighted by Gasteiger charge is 2.52. The van der Waals surface area contributed by atoms with Crippen LogP contribution in [0.3, 0.4) is 0 Å². The monoisotopic (exact) mass is 360 g/mol. The molecule has 0 spiro atoms. The van der Waals surface area contributed by atoms with Crippen molar-refractivity contribution in [3.63, 3.8) is 0 Å². The lowest BCUT2D eigenvalue weighted by Crippen LogP contribution is -2.49. The number of aliphatic imine (C=N–C) groups is 1. The first-order chi connectivity index (χ1) is 13.0. The molecule has 2 aromatic rings. The largest absolute Gasteiger partial charge is 0.465 e. The summed E-state index contributed by atoms with van der Waals surface area (Å²) in [5.74, 6) is -0.689. The summed E-state index contributed by atoms with van der Waals surface area (Å²) in [4.78, 5) is 44.2. The van der Waals surface area contributed by atoms with Crippen molar-refractivity contribution in [2.75, 3.05) is 14.1 Å². The number of furan rings is 1. The van der Waals surface area contributed by atoms with E-state index in [2.05, 4.69) is 4.99 Å². The van der Waals surface area contributed by atoms with Gasteiger partial charge in [0.2, 0.25) is 0 Å². The first-order valence-corrected chi connectivity index (χ1v) is 8.44. The standard InChI is InChI=1S/C20H14N3O4/c1-22-18-15(19(25)23(2)20(22)26)13(12-8-5-9-27-12)14-16(21-18)10-6-3-4-7-11(10)17(14)24/h3-9,14H,1-2H3/q+1. The van der Waals surface area contributed by atoms with Gasteiger partial charge in [-0.25, -0.2) is 9.59 Å². The molecule has 132 valence electrons. The minimum absolute atomic E-state index is 0.127. The van der Waals surface area contributed by atoms with Crippen molar-refractivity contribution in [2.45, 2.75) is 0 Å². The van der Waals surface area contributed by atoms with Gasteiger partial charge in [0.15, 0.2) is 5.78 Å². The van der Waals surface area contributed by atoms with Crippen molar-refractivity contribution < 1.29 is 23.4 Å². The lowest BCUT2D eigenvalue weighted by Gasteiger charge is -2.25. The second-order valence-electron chi connectivity index (χ2n) is 6.64. The lowest BCUT2D eigenvalue weighted by molar-refractivity contribution is -0.403. The normalized spacial score (nSPS) is 21.4. The SMILES string of the molecule is CN1C(=O)C2=C(c3ccco3)C3C(=O)c4ccccc4C3=NC2=[N+](C)C1=O. The van der Waals surface area contributed by atoms with Gasteiger partial charge in [0.1, 0.15) is 23.0 Å². The average molecular weight is 360 g/mol. The molecule has 3 amide bonds. The number of rotatable bonds is 1. The molecule has 2 aliphatic heterocycles. The van der Waals surface area contributed by atoms with E-state index >= 15 is 0 Å². The molecule has 0 saturated heterocycles. The molecule has 0 N–H and O–H groups in total. The summed E-state index contributed by atoms with van der Waals surface area (Å²) in [6.45, 7) is 0. The molecule has 27 heavy (non-hydrogen) atoms. The van der Waals surface area contributed by atoms with E-state index in [9.17, 15) is 14.4 Å². The van der Waals surface area contributed by atoms with Gasteiger partial charge in [0, 0.05) is 16.7 Å². The molecule has 1 unspecified atom stereocenters. The van der Waals surface area contributed by atoms with Crippen LogP contribution in [0.4, 0.5) is 4.79 Å². The van der Waals surface area contributed by atoms with Gasteiger partial charge in [-0.3, -0.25) is 4.79 Å². The Bertz CT molecular complexity index is 1150. The third-order valence-corrected chi connectivity index (χ3v) is 5.21. The smallest absolute Gasteiger partial charge is 0.445 e. The maximum Gasteiger partial charge on any atom is 0.445 e. The van der Waals surface area contributed by atoms with E-state index in [-0.39, 0.29) is 17.2 Å². The summed E-state index contributed by atoms with van der Waals surface area (Å²) in [6, 6.07) is 10.1. The summed E-state index contributed by atoms with van der Waals surface area (Å²) < 4.78 is 6.90. The number of urea groups is 1. The molecule has 0 radical (unpaired) electrons. The van der Waals surface area contributed by atoms with Crippen LogP contribution in [0.25, 0.3) is 5.57 Å². The Morgan fingerprint density at radius 1 is 1.07 bits per heavy atom. The predicted octanol–water partition coefficient (Wildman–Crippen LogP) is 1.98. The van der Waals surface area contributed by atoms with Crippen LogP contribution in [0.15, 0.2) is 57.6 Å². The highest BCUT2D eigenvalue weighted by molar-refractivity contribution is 6.42. The first kappa shape index (κ1) is 15.6. The Kier molecular flexibility index (Phi) is 3.01. The van der Waals surface area contributed by atoms with Gasteiger partial charge in [0.25, 0.3) is 5.84 Å². The number of benzene rings is 1. The summed E-state index contributed by atoms with van der Waals surface area (Å²) in [5.41, 5.74) is 2.50. The van der Waals surface area contributed by atoms with Crippen LogP contribution >= 0.6 is 0 Å². The van der Waals surface area contributed by atoms with E-state index in [0.717, 1.165) is 10.5 Å². The molecule has 0 saturated carbocycles. The van der Waals surface area contributed by atoms with Crippen LogP contribution in [0.2, 0.25) is 0 Å². The molecule has 3 aliphatic rings. The highest BCUT2D eigenvalue weighted by Crippen LogP contribution is 2.42. The third kappa shape index (κ3) is 1.88. The van der Waals surface area contributed by atoms with E-state index in [1.165, 1.54) is 17.9 Å². The average Bonchev–Trinajstić information content (AvgIpc) is 3.31. The molecule has 1 aromatic heterocycles. The molecule has 0 bridgehead atoms. The van der Waals surface area contributed by atoms with Crippen LogP contribution in [0.1, 0.15) is 21.7 Å². The minimum atomic E-state index is -0.730. The lowest BCUT2D eigenvalue weighted by atomic mass is 9.84. The molecule has 1 aliphatic carbocycles. The Hall–Kier alpha value is -3.61. The minimum Gasteiger partial charge on any atom is -0.465 e. The number of hydrogen-bond donors (Lipinski definition) is 0. The summed E-state index contributed by atoms with van der Waals surface area (Å²) in [7, 11) is 2.97. The summed E-state index contributed by atoms with van der Waals surface area (Å²) in [5, 5.41) is 0. The number of likely N-dealkylation sites (N-methyl/N-ethyl adjacent to an activating group) is 1. The highest BCUT2D eigenvalue weighted by atomic mass is 16.3. The number of fused-ring (bicyclic) bond motifs is 4. The molecule has 1 atom stereocenters. The maximum absolute atomic E-state index is 13.2. The maximum atomic E-state index is 13.2. The Labute approximate surface area is 153 Å². The van der Waals surface area contributed by atoms with Crippen LogP contribution in [-0.2, 0) is 4.79 Å².